The quantitative estimate of drug-likeness (QED) is 0.247. The summed E-state index contributed by atoms with van der Waals surface area (Å²) in [7, 11) is 0. The van der Waals surface area contributed by atoms with Crippen LogP contribution in [0.5, 0.6) is 0 Å². The zero-order chi connectivity index (χ0) is 11.6. The van der Waals surface area contributed by atoms with E-state index in [9.17, 15) is 0 Å². The van der Waals surface area contributed by atoms with Crippen molar-refractivity contribution in [3.63, 3.8) is 0 Å². The number of carboxylic acid groups (broad SMARTS) is 2. The van der Waals surface area contributed by atoms with Crippen LogP contribution >= 0.6 is 12.2 Å². The molecule has 82 valence electrons. The number of guanidine groups is 1. The molecule has 14 heavy (non-hydrogen) atoms. The second-order valence-electron chi connectivity index (χ2n) is 2.05. The van der Waals surface area contributed by atoms with Crippen LogP contribution in [-0.2, 0) is 0 Å². The molecule has 0 radical (unpaired) electrons. The Morgan fingerprint density at radius 2 is 1.93 bits per heavy atom. The largest absolute Gasteiger partial charge is 0.503 e. The fourth-order valence-corrected chi connectivity index (χ4v) is 0.596. The van der Waals surface area contributed by atoms with E-state index in [-0.39, 0.29) is 5.96 Å². The Labute approximate surface area is 86.8 Å². The molecule has 0 aromatic rings. The van der Waals surface area contributed by atoms with E-state index in [1.807, 2.05) is 6.92 Å². The normalized spacial score (nSPS) is 7.79. The Balaban J connectivity index is 0. The fraction of sp³-hybridized carbons (Fsp3) is 0.500. The van der Waals surface area contributed by atoms with Crippen LogP contribution in [-0.4, -0.2) is 34.0 Å². The molecule has 0 aliphatic carbocycles. The molecule has 0 unspecified atom stereocenters. The first-order valence-corrected chi connectivity index (χ1v) is 4.10. The molecule has 0 amide bonds. The van der Waals surface area contributed by atoms with Crippen molar-refractivity contribution in [1.82, 2.24) is 5.32 Å². The molecule has 0 fully saturated rings. The third-order valence-electron chi connectivity index (χ3n) is 0.757. The number of carbonyl (C=O) groups is 1. The van der Waals surface area contributed by atoms with Crippen molar-refractivity contribution in [1.29, 1.82) is 0 Å². The summed E-state index contributed by atoms with van der Waals surface area (Å²) < 4.78 is 0. The predicted molar refractivity (Wildman–Crippen MR) is 57.4 cm³/mol. The van der Waals surface area contributed by atoms with Crippen molar-refractivity contribution >= 4 is 29.4 Å². The zero-order valence-corrected chi connectivity index (χ0v) is 8.54. The van der Waals surface area contributed by atoms with Crippen LogP contribution in [0.25, 0.3) is 0 Å². The highest BCUT2D eigenvalue weighted by atomic mass is 32.1. The maximum absolute atomic E-state index is 8.56. The fourth-order valence-electron chi connectivity index (χ4n) is 0.389. The highest BCUT2D eigenvalue weighted by molar-refractivity contribution is 7.80. The Kier molecular flexibility index (Phi) is 10.1. The molecule has 0 saturated heterocycles. The summed E-state index contributed by atoms with van der Waals surface area (Å²) in [5, 5.41) is 17.1. The van der Waals surface area contributed by atoms with Crippen LogP contribution in [0.1, 0.15) is 13.3 Å². The lowest BCUT2D eigenvalue weighted by molar-refractivity contribution is 0.137. The van der Waals surface area contributed by atoms with E-state index in [0.717, 1.165) is 13.0 Å². The van der Waals surface area contributed by atoms with Gasteiger partial charge in [0.1, 0.15) is 0 Å². The molecule has 0 aromatic carbocycles. The Bertz CT molecular complexity index is 211. The van der Waals surface area contributed by atoms with E-state index in [1.165, 1.54) is 0 Å². The number of hydrogen-bond acceptors (Lipinski definition) is 2. The van der Waals surface area contributed by atoms with Gasteiger partial charge in [-0.15, -0.1) is 0 Å². The average molecular weight is 222 g/mol. The maximum Gasteiger partial charge on any atom is 0.503 e. The molecule has 0 atom stereocenters. The number of rotatable bonds is 2. The van der Waals surface area contributed by atoms with Crippen molar-refractivity contribution in [3.05, 3.63) is 0 Å². The van der Waals surface area contributed by atoms with Gasteiger partial charge in [0.2, 0.25) is 0 Å². The molecule has 0 saturated carbocycles. The number of hydrogen-bond donors (Lipinski definition) is 5. The molecular weight excluding hydrogens is 208 g/mol. The van der Waals surface area contributed by atoms with Gasteiger partial charge in [-0.25, -0.2) is 4.79 Å². The van der Waals surface area contributed by atoms with Gasteiger partial charge in [-0.2, -0.15) is 4.99 Å². The second-order valence-corrected chi connectivity index (χ2v) is 2.44. The molecule has 0 aliphatic rings. The third kappa shape index (κ3) is 22.4. The summed E-state index contributed by atoms with van der Waals surface area (Å²) in [4.78, 5) is 12.2. The van der Waals surface area contributed by atoms with E-state index in [1.54, 1.807) is 0 Å². The third-order valence-corrected chi connectivity index (χ3v) is 0.992. The second kappa shape index (κ2) is 9.52. The van der Waals surface area contributed by atoms with Crippen LogP contribution in [0.3, 0.4) is 0 Å². The smallest absolute Gasteiger partial charge is 0.450 e. The van der Waals surface area contributed by atoms with Gasteiger partial charge in [0.15, 0.2) is 11.1 Å². The Hall–Kier alpha value is -1.57. The zero-order valence-electron chi connectivity index (χ0n) is 7.73. The first-order valence-electron chi connectivity index (χ1n) is 3.69. The van der Waals surface area contributed by atoms with Crippen molar-refractivity contribution in [2.75, 3.05) is 6.54 Å². The summed E-state index contributed by atoms with van der Waals surface area (Å²) in [6.07, 6.45) is -0.833. The average Bonchev–Trinajstić information content (AvgIpc) is 1.98. The monoisotopic (exact) mass is 222 g/mol. The minimum atomic E-state index is -1.83. The van der Waals surface area contributed by atoms with Gasteiger partial charge in [-0.05, 0) is 18.6 Å². The lowest BCUT2D eigenvalue weighted by Crippen LogP contribution is -2.28. The van der Waals surface area contributed by atoms with E-state index in [0.29, 0.717) is 5.11 Å². The highest BCUT2D eigenvalue weighted by Crippen LogP contribution is 1.75. The van der Waals surface area contributed by atoms with Crippen LogP contribution < -0.4 is 16.8 Å². The van der Waals surface area contributed by atoms with E-state index in [2.05, 4.69) is 10.3 Å². The number of nitrogens with one attached hydrogen (secondary N) is 1. The van der Waals surface area contributed by atoms with Crippen LogP contribution in [0.4, 0.5) is 4.79 Å². The summed E-state index contributed by atoms with van der Waals surface area (Å²) in [5.41, 5.74) is 10.1. The van der Waals surface area contributed by atoms with Crippen molar-refractivity contribution in [3.8, 4) is 0 Å². The van der Waals surface area contributed by atoms with Crippen LogP contribution in [0.15, 0.2) is 4.99 Å². The van der Waals surface area contributed by atoms with Crippen LogP contribution in [0, 0.1) is 0 Å². The minimum absolute atomic E-state index is 0.00592. The van der Waals surface area contributed by atoms with Crippen molar-refractivity contribution in [2.24, 2.45) is 16.5 Å². The lowest BCUT2D eigenvalue weighted by Gasteiger charge is -1.99. The molecule has 7 nitrogen and oxygen atoms in total. The number of nitrogens with zero attached hydrogens (tertiary/aromatic N) is 1. The van der Waals surface area contributed by atoms with Gasteiger partial charge < -0.3 is 27.0 Å². The van der Waals surface area contributed by atoms with Gasteiger partial charge in [0.25, 0.3) is 0 Å². The van der Waals surface area contributed by atoms with Gasteiger partial charge >= 0.3 is 6.16 Å². The molecular formula is C6H14N4O3S. The summed E-state index contributed by atoms with van der Waals surface area (Å²) in [6, 6.07) is 0. The molecule has 0 aliphatic heterocycles. The highest BCUT2D eigenvalue weighted by Gasteiger charge is 1.89. The molecule has 0 heterocycles. The molecule has 7 N–H and O–H groups in total. The number of aliphatic imine (C=N–C) groups is 1. The molecule has 0 bridgehead atoms. The van der Waals surface area contributed by atoms with Crippen LogP contribution in [0.2, 0.25) is 0 Å². The van der Waals surface area contributed by atoms with E-state index >= 15 is 0 Å². The van der Waals surface area contributed by atoms with Gasteiger partial charge in [0.05, 0.1) is 0 Å². The lowest BCUT2D eigenvalue weighted by atomic mass is 10.5. The van der Waals surface area contributed by atoms with Crippen molar-refractivity contribution in [2.45, 2.75) is 13.3 Å². The van der Waals surface area contributed by atoms with Gasteiger partial charge in [0, 0.05) is 6.54 Å². The molecule has 0 spiro atoms. The number of nitrogens with two attached hydrogens (primary N) is 2. The number of thiocarbonyl (C=S) groups is 1. The Morgan fingerprint density at radius 1 is 1.50 bits per heavy atom. The molecule has 8 heteroatoms. The molecule has 0 rings (SSSR count). The predicted octanol–water partition coefficient (Wildman–Crippen LogP) is -0.233. The van der Waals surface area contributed by atoms with Gasteiger partial charge in [-0.1, -0.05) is 6.92 Å². The van der Waals surface area contributed by atoms with Crippen molar-refractivity contribution < 1.29 is 15.0 Å². The summed E-state index contributed by atoms with van der Waals surface area (Å²) in [6.45, 7) is 2.83. The Morgan fingerprint density at radius 3 is 2.21 bits per heavy atom. The van der Waals surface area contributed by atoms with E-state index < -0.39 is 6.16 Å². The first kappa shape index (κ1) is 14.9. The SMILES string of the molecule is CCCNC(=S)N=C(N)N.O=C(O)O. The summed E-state index contributed by atoms with van der Waals surface area (Å²) in [5.74, 6) is -0.00592. The standard InChI is InChI=1S/C5H12N4S.CH2O3/c1-2-3-8-5(10)9-4(6)7;2-1(3)4/h2-3H2,1H3,(H5,6,7,8,9,10);(H2,2,3,4). The van der Waals surface area contributed by atoms with Gasteiger partial charge in [-0.3, -0.25) is 0 Å². The molecule has 0 aromatic heterocycles. The maximum atomic E-state index is 8.56. The first-order chi connectivity index (χ1) is 6.40. The summed E-state index contributed by atoms with van der Waals surface area (Å²) >= 11 is 4.74. The van der Waals surface area contributed by atoms with E-state index in [4.69, 9.17) is 38.7 Å². The minimum Gasteiger partial charge on any atom is -0.450 e. The topological polar surface area (TPSA) is 134 Å².